The molecule has 0 aromatic heterocycles. The van der Waals surface area contributed by atoms with Crippen LogP contribution >= 0.6 is 0 Å². The van der Waals surface area contributed by atoms with Gasteiger partial charge in [0.1, 0.15) is 18.4 Å². The molecule has 0 saturated carbocycles. The summed E-state index contributed by atoms with van der Waals surface area (Å²) in [5.74, 6) is -2.00. The molecule has 0 aliphatic carbocycles. The Morgan fingerprint density at radius 3 is 2.13 bits per heavy atom. The van der Waals surface area contributed by atoms with Crippen LogP contribution in [0.5, 0.6) is 5.75 Å². The van der Waals surface area contributed by atoms with E-state index in [1.165, 1.54) is 6.07 Å². The molecule has 12 heteroatoms. The fourth-order valence-electron chi connectivity index (χ4n) is 4.59. The number of imide groups is 2. The first-order chi connectivity index (χ1) is 18.6. The molecule has 1 aromatic rings. The number of nitrogens with one attached hydrogen (secondary N) is 2. The van der Waals surface area contributed by atoms with Crippen molar-refractivity contribution in [1.82, 2.24) is 15.5 Å². The maximum Gasteiger partial charge on any atom is 0.266 e. The minimum absolute atomic E-state index is 0.0643. The van der Waals surface area contributed by atoms with Crippen LogP contribution in [0.2, 0.25) is 0 Å². The number of nitrogens with zero attached hydrogens (tertiary/aromatic N) is 1. The van der Waals surface area contributed by atoms with Gasteiger partial charge in [-0.2, -0.15) is 0 Å². The third-order valence-electron chi connectivity index (χ3n) is 6.53. The summed E-state index contributed by atoms with van der Waals surface area (Å²) < 4.78 is 28.0. The Morgan fingerprint density at radius 1 is 0.789 bits per heavy atom. The van der Waals surface area contributed by atoms with Crippen molar-refractivity contribution in [3.05, 3.63) is 29.3 Å². The van der Waals surface area contributed by atoms with Crippen molar-refractivity contribution in [2.45, 2.75) is 37.8 Å². The quantitative estimate of drug-likeness (QED) is 0.239. The average Bonchev–Trinajstić information content (AvgIpc) is 3.17. The average molecular weight is 534 g/mol. The van der Waals surface area contributed by atoms with Crippen LogP contribution in [0.1, 0.15) is 46.4 Å². The van der Waals surface area contributed by atoms with E-state index in [0.29, 0.717) is 45.7 Å². The van der Waals surface area contributed by atoms with Gasteiger partial charge < -0.3 is 29.0 Å². The smallest absolute Gasteiger partial charge is 0.266 e. The van der Waals surface area contributed by atoms with Crippen molar-refractivity contribution in [3.63, 3.8) is 0 Å². The first-order valence-electron chi connectivity index (χ1n) is 13.1. The first-order valence-corrected chi connectivity index (χ1v) is 13.1. The maximum atomic E-state index is 13.0. The van der Waals surface area contributed by atoms with Crippen LogP contribution in [0.3, 0.4) is 0 Å². The van der Waals surface area contributed by atoms with Gasteiger partial charge in [-0.15, -0.1) is 0 Å². The third-order valence-corrected chi connectivity index (χ3v) is 6.53. The molecule has 0 spiro atoms. The highest BCUT2D eigenvalue weighted by molar-refractivity contribution is 6.24. The monoisotopic (exact) mass is 533 g/mol. The van der Waals surface area contributed by atoms with Gasteiger partial charge in [-0.1, -0.05) is 6.07 Å². The van der Waals surface area contributed by atoms with Crippen LogP contribution in [0.25, 0.3) is 0 Å². The highest BCUT2D eigenvalue weighted by Gasteiger charge is 2.45. The number of ether oxygens (including phenoxy) is 5. The summed E-state index contributed by atoms with van der Waals surface area (Å²) in [6.07, 6.45) is 2.58. The fraction of sp³-hybridized carbons (Fsp3) is 0.615. The molecule has 3 heterocycles. The molecular weight excluding hydrogens is 498 g/mol. The first kappa shape index (κ1) is 28.1. The highest BCUT2D eigenvalue weighted by Crippen LogP contribution is 2.33. The number of amides is 4. The van der Waals surface area contributed by atoms with Crippen molar-refractivity contribution in [2.24, 2.45) is 0 Å². The minimum Gasteiger partial charge on any atom is -0.490 e. The van der Waals surface area contributed by atoms with Gasteiger partial charge in [0.2, 0.25) is 11.8 Å². The predicted molar refractivity (Wildman–Crippen MR) is 133 cm³/mol. The molecule has 1 aromatic carbocycles. The van der Waals surface area contributed by atoms with Crippen molar-refractivity contribution in [1.29, 1.82) is 0 Å². The molecule has 0 radical (unpaired) electrons. The molecule has 208 valence electrons. The Bertz CT molecular complexity index is 996. The molecule has 3 aliphatic heterocycles. The van der Waals surface area contributed by atoms with Gasteiger partial charge in [-0.3, -0.25) is 29.4 Å². The van der Waals surface area contributed by atoms with E-state index in [1.54, 1.807) is 12.1 Å². The van der Waals surface area contributed by atoms with E-state index in [2.05, 4.69) is 10.6 Å². The second-order valence-electron chi connectivity index (χ2n) is 9.13. The molecule has 0 bridgehead atoms. The molecule has 1 atom stereocenters. The van der Waals surface area contributed by atoms with Crippen LogP contribution in [0, 0.1) is 0 Å². The zero-order valence-corrected chi connectivity index (χ0v) is 21.4. The lowest BCUT2D eigenvalue weighted by molar-refractivity contribution is -0.136. The van der Waals surface area contributed by atoms with E-state index in [4.69, 9.17) is 23.7 Å². The lowest BCUT2D eigenvalue weighted by atomic mass is 10.0. The van der Waals surface area contributed by atoms with Crippen molar-refractivity contribution < 1.29 is 42.9 Å². The van der Waals surface area contributed by atoms with Crippen LogP contribution < -0.4 is 15.4 Å². The Labute approximate surface area is 221 Å². The van der Waals surface area contributed by atoms with Crippen molar-refractivity contribution >= 4 is 23.6 Å². The topological polar surface area (TPSA) is 142 Å². The molecule has 2 fully saturated rings. The van der Waals surface area contributed by atoms with E-state index >= 15 is 0 Å². The Balaban J connectivity index is 1.08. The lowest BCUT2D eigenvalue weighted by Gasteiger charge is -2.27. The normalized spacial score (nSPS) is 20.1. The largest absolute Gasteiger partial charge is 0.490 e. The van der Waals surface area contributed by atoms with E-state index in [0.717, 1.165) is 30.8 Å². The van der Waals surface area contributed by atoms with Crippen LogP contribution in [0.15, 0.2) is 18.2 Å². The molecule has 4 amide bonds. The van der Waals surface area contributed by atoms with Crippen LogP contribution in [-0.4, -0.2) is 107 Å². The van der Waals surface area contributed by atoms with Gasteiger partial charge in [0.15, 0.2) is 0 Å². The van der Waals surface area contributed by atoms with Gasteiger partial charge in [-0.05, 0) is 44.5 Å². The summed E-state index contributed by atoms with van der Waals surface area (Å²) in [6.45, 7) is 5.30. The highest BCUT2D eigenvalue weighted by atomic mass is 16.6. The number of hydrogen-bond acceptors (Lipinski definition) is 10. The van der Waals surface area contributed by atoms with Gasteiger partial charge in [0.25, 0.3) is 11.8 Å². The Morgan fingerprint density at radius 2 is 1.45 bits per heavy atom. The zero-order chi connectivity index (χ0) is 26.7. The number of fused-ring (bicyclic) bond motifs is 1. The summed E-state index contributed by atoms with van der Waals surface area (Å²) in [6, 6.07) is 3.71. The van der Waals surface area contributed by atoms with E-state index in [-0.39, 0.29) is 42.9 Å². The van der Waals surface area contributed by atoms with Gasteiger partial charge >= 0.3 is 0 Å². The second-order valence-corrected chi connectivity index (χ2v) is 9.13. The molecule has 2 N–H and O–H groups in total. The number of piperidine rings is 2. The number of benzene rings is 1. The van der Waals surface area contributed by atoms with Crippen LogP contribution in [-0.2, 0) is 28.5 Å². The van der Waals surface area contributed by atoms with Gasteiger partial charge in [0, 0.05) is 6.42 Å². The van der Waals surface area contributed by atoms with E-state index in [1.807, 2.05) is 0 Å². The lowest BCUT2D eigenvalue weighted by Crippen LogP contribution is -2.54. The maximum absolute atomic E-state index is 13.0. The molecule has 3 aliphatic rings. The Hall–Kier alpha value is -2.90. The van der Waals surface area contributed by atoms with E-state index < -0.39 is 29.7 Å². The third kappa shape index (κ3) is 7.35. The summed E-state index contributed by atoms with van der Waals surface area (Å²) in [7, 11) is 0. The summed E-state index contributed by atoms with van der Waals surface area (Å²) in [4.78, 5) is 50.5. The standard InChI is InChI=1S/C26H35N3O9/c30-22-5-4-20(24(31)28-22)29-25(32)19-2-1-3-21(23(19)26(29)33)38-17-15-36-13-11-34-10-12-35-14-16-37-18-6-8-27-9-7-18/h1-3,18,20,27H,4-17H2,(H,28,30,31). The molecule has 1 unspecified atom stereocenters. The van der Waals surface area contributed by atoms with Crippen molar-refractivity contribution in [3.8, 4) is 5.75 Å². The minimum atomic E-state index is -1.02. The summed E-state index contributed by atoms with van der Waals surface area (Å²) >= 11 is 0. The fourth-order valence-corrected chi connectivity index (χ4v) is 4.59. The number of carbonyl (C=O) groups is 4. The van der Waals surface area contributed by atoms with Crippen LogP contribution in [0.4, 0.5) is 0 Å². The van der Waals surface area contributed by atoms with E-state index in [9.17, 15) is 19.2 Å². The number of rotatable bonds is 15. The predicted octanol–water partition coefficient (Wildman–Crippen LogP) is 0.285. The second kappa shape index (κ2) is 14.3. The molecular formula is C26H35N3O9. The molecule has 4 rings (SSSR count). The zero-order valence-electron chi connectivity index (χ0n) is 21.4. The SMILES string of the molecule is O=C1CCC(N2C(=O)c3cccc(OCCOCCOCCOCCOC4CCNCC4)c3C2=O)C(=O)N1. The number of hydrogen-bond donors (Lipinski definition) is 2. The molecule has 12 nitrogen and oxygen atoms in total. The number of carbonyl (C=O) groups excluding carboxylic acids is 4. The van der Waals surface area contributed by atoms with Crippen molar-refractivity contribution in [2.75, 3.05) is 65.9 Å². The summed E-state index contributed by atoms with van der Waals surface area (Å²) in [5.41, 5.74) is 0.290. The molecule has 38 heavy (non-hydrogen) atoms. The van der Waals surface area contributed by atoms with Gasteiger partial charge in [0.05, 0.1) is 63.5 Å². The van der Waals surface area contributed by atoms with Gasteiger partial charge in [-0.25, -0.2) is 0 Å². The summed E-state index contributed by atoms with van der Waals surface area (Å²) in [5, 5.41) is 5.49. The molecule has 2 saturated heterocycles. The Kier molecular flexibility index (Phi) is 10.6.